The number of amides is 1. The molecule has 1 aliphatic rings. The molecule has 1 fully saturated rings. The van der Waals surface area contributed by atoms with E-state index in [0.717, 1.165) is 5.69 Å². The lowest BCUT2D eigenvalue weighted by atomic mass is 10.1. The van der Waals surface area contributed by atoms with Crippen molar-refractivity contribution in [2.24, 2.45) is 0 Å². The molecule has 32 heavy (non-hydrogen) atoms. The van der Waals surface area contributed by atoms with Crippen molar-refractivity contribution in [3.05, 3.63) is 72.8 Å². The number of ether oxygens (including phenoxy) is 3. The summed E-state index contributed by atoms with van der Waals surface area (Å²) in [6.07, 6.45) is 1.83. The molecule has 1 aromatic heterocycles. The van der Waals surface area contributed by atoms with Crippen molar-refractivity contribution in [3.8, 4) is 11.4 Å². The molecule has 2 aromatic carbocycles. The Kier molecular flexibility index (Phi) is 6.76. The number of rotatable bonds is 7. The molecule has 9 heteroatoms. The number of aromatic nitrogens is 3. The second kappa shape index (κ2) is 10.1. The van der Waals surface area contributed by atoms with Crippen LogP contribution >= 0.6 is 0 Å². The Labute approximate surface area is 185 Å². The van der Waals surface area contributed by atoms with Crippen LogP contribution in [0.25, 0.3) is 5.69 Å². The van der Waals surface area contributed by atoms with Gasteiger partial charge in [-0.15, -0.1) is 0 Å². The van der Waals surface area contributed by atoms with Crippen LogP contribution in [0.5, 0.6) is 5.75 Å². The Morgan fingerprint density at radius 3 is 2.62 bits per heavy atom. The van der Waals surface area contributed by atoms with E-state index < -0.39 is 12.1 Å². The number of benzene rings is 2. The lowest BCUT2D eigenvalue weighted by molar-refractivity contribution is -0.163. The van der Waals surface area contributed by atoms with Crippen LogP contribution in [0.15, 0.2) is 67.3 Å². The van der Waals surface area contributed by atoms with Gasteiger partial charge in [-0.3, -0.25) is 9.59 Å². The van der Waals surface area contributed by atoms with Crippen molar-refractivity contribution in [1.82, 2.24) is 19.7 Å². The molecule has 0 spiro atoms. The number of nitrogens with zero attached hydrogens (tertiary/aromatic N) is 4. The number of hydrogen-bond acceptors (Lipinski definition) is 7. The van der Waals surface area contributed by atoms with Crippen LogP contribution in [0.2, 0.25) is 0 Å². The third kappa shape index (κ3) is 5.30. The first-order valence-corrected chi connectivity index (χ1v) is 10.3. The standard InChI is InChI=1S/C23H24N4O5/c1-17(28)32-22(18-5-3-2-4-6-18)23(29)26-11-12-30-21(13-26)14-31-20-9-7-19(8-10-20)27-16-24-15-25-27/h2-10,15-16,21-22H,11-14H2,1H3. The highest BCUT2D eigenvalue weighted by atomic mass is 16.6. The summed E-state index contributed by atoms with van der Waals surface area (Å²) in [5, 5.41) is 4.09. The molecule has 1 amide bonds. The molecule has 4 rings (SSSR count). The van der Waals surface area contributed by atoms with Crippen LogP contribution in [0, 0.1) is 0 Å². The van der Waals surface area contributed by atoms with Crippen LogP contribution in [-0.2, 0) is 19.1 Å². The van der Waals surface area contributed by atoms with Gasteiger partial charge in [0.05, 0.1) is 18.8 Å². The van der Waals surface area contributed by atoms with Gasteiger partial charge in [0.1, 0.15) is 31.1 Å². The van der Waals surface area contributed by atoms with Gasteiger partial charge < -0.3 is 19.1 Å². The van der Waals surface area contributed by atoms with E-state index in [-0.39, 0.29) is 18.6 Å². The predicted octanol–water partition coefficient (Wildman–Crippen LogP) is 2.18. The van der Waals surface area contributed by atoms with Gasteiger partial charge >= 0.3 is 5.97 Å². The summed E-state index contributed by atoms with van der Waals surface area (Å²) in [6.45, 7) is 2.74. The van der Waals surface area contributed by atoms with Crippen molar-refractivity contribution >= 4 is 11.9 Å². The first-order valence-electron chi connectivity index (χ1n) is 10.3. The molecule has 0 aliphatic carbocycles. The average molecular weight is 436 g/mol. The molecule has 1 aliphatic heterocycles. The summed E-state index contributed by atoms with van der Waals surface area (Å²) >= 11 is 0. The van der Waals surface area contributed by atoms with Crippen molar-refractivity contribution in [1.29, 1.82) is 0 Å². The maximum Gasteiger partial charge on any atom is 0.303 e. The van der Waals surface area contributed by atoms with Gasteiger partial charge in [-0.2, -0.15) is 5.10 Å². The average Bonchev–Trinajstić information content (AvgIpc) is 3.37. The van der Waals surface area contributed by atoms with Gasteiger partial charge in [-0.1, -0.05) is 30.3 Å². The highest BCUT2D eigenvalue weighted by molar-refractivity contribution is 5.84. The van der Waals surface area contributed by atoms with Crippen molar-refractivity contribution < 1.29 is 23.8 Å². The summed E-state index contributed by atoms with van der Waals surface area (Å²) in [5.74, 6) is -0.0884. The minimum absolute atomic E-state index is 0.267. The summed E-state index contributed by atoms with van der Waals surface area (Å²) in [6, 6.07) is 16.5. The van der Waals surface area contributed by atoms with E-state index in [0.29, 0.717) is 31.0 Å². The molecule has 3 aromatic rings. The molecule has 0 bridgehead atoms. The van der Waals surface area contributed by atoms with Crippen molar-refractivity contribution in [2.75, 3.05) is 26.3 Å². The van der Waals surface area contributed by atoms with Crippen molar-refractivity contribution in [3.63, 3.8) is 0 Å². The predicted molar refractivity (Wildman–Crippen MR) is 114 cm³/mol. The zero-order valence-electron chi connectivity index (χ0n) is 17.7. The third-order valence-electron chi connectivity index (χ3n) is 5.02. The van der Waals surface area contributed by atoms with E-state index in [4.69, 9.17) is 14.2 Å². The first-order chi connectivity index (χ1) is 15.6. The molecular formula is C23H24N4O5. The second-order valence-electron chi connectivity index (χ2n) is 7.32. The molecule has 2 unspecified atom stereocenters. The fourth-order valence-electron chi connectivity index (χ4n) is 3.47. The molecule has 2 heterocycles. The SMILES string of the molecule is CC(=O)OC(C(=O)N1CCOC(COc2ccc(-n3cncn3)cc2)C1)c1ccccc1. The van der Waals surface area contributed by atoms with Crippen LogP contribution in [0.4, 0.5) is 0 Å². The number of carbonyl (C=O) groups is 2. The molecule has 0 radical (unpaired) electrons. The molecule has 2 atom stereocenters. The maximum atomic E-state index is 13.1. The number of carbonyl (C=O) groups excluding carboxylic acids is 2. The minimum Gasteiger partial charge on any atom is -0.491 e. The van der Waals surface area contributed by atoms with Gasteiger partial charge in [0.2, 0.25) is 6.10 Å². The van der Waals surface area contributed by atoms with Crippen LogP contribution in [-0.4, -0.2) is 63.9 Å². The fourth-order valence-corrected chi connectivity index (χ4v) is 3.47. The highest BCUT2D eigenvalue weighted by Crippen LogP contribution is 2.22. The number of esters is 1. The van der Waals surface area contributed by atoms with Crippen LogP contribution in [0.3, 0.4) is 0 Å². The zero-order chi connectivity index (χ0) is 22.3. The Hall–Kier alpha value is -3.72. The minimum atomic E-state index is -0.974. The van der Waals surface area contributed by atoms with Gasteiger partial charge in [-0.25, -0.2) is 9.67 Å². The highest BCUT2D eigenvalue weighted by Gasteiger charge is 2.32. The third-order valence-corrected chi connectivity index (χ3v) is 5.02. The molecule has 0 saturated carbocycles. The second-order valence-corrected chi connectivity index (χ2v) is 7.32. The summed E-state index contributed by atoms with van der Waals surface area (Å²) in [5.41, 5.74) is 1.51. The molecule has 9 nitrogen and oxygen atoms in total. The van der Waals surface area contributed by atoms with E-state index in [9.17, 15) is 9.59 Å². The summed E-state index contributed by atoms with van der Waals surface area (Å²) < 4.78 is 18.6. The van der Waals surface area contributed by atoms with Gasteiger partial charge in [0, 0.05) is 19.0 Å². The van der Waals surface area contributed by atoms with Crippen LogP contribution < -0.4 is 4.74 Å². The monoisotopic (exact) mass is 436 g/mol. The molecule has 1 saturated heterocycles. The fraction of sp³-hybridized carbons (Fsp3) is 0.304. The van der Waals surface area contributed by atoms with E-state index >= 15 is 0 Å². The van der Waals surface area contributed by atoms with Crippen molar-refractivity contribution in [2.45, 2.75) is 19.1 Å². The van der Waals surface area contributed by atoms with E-state index in [1.54, 1.807) is 28.0 Å². The molecular weight excluding hydrogens is 412 g/mol. The first kappa shape index (κ1) is 21.5. The normalized spacial score (nSPS) is 16.9. The van der Waals surface area contributed by atoms with Gasteiger partial charge in [0.15, 0.2) is 0 Å². The Morgan fingerprint density at radius 2 is 1.94 bits per heavy atom. The number of hydrogen-bond donors (Lipinski definition) is 0. The lowest BCUT2D eigenvalue weighted by Crippen LogP contribution is -2.49. The summed E-state index contributed by atoms with van der Waals surface area (Å²) in [7, 11) is 0. The van der Waals surface area contributed by atoms with E-state index in [2.05, 4.69) is 10.1 Å². The topological polar surface area (TPSA) is 95.8 Å². The van der Waals surface area contributed by atoms with E-state index in [1.165, 1.54) is 13.3 Å². The summed E-state index contributed by atoms with van der Waals surface area (Å²) in [4.78, 5) is 30.3. The molecule has 0 N–H and O–H groups in total. The Morgan fingerprint density at radius 1 is 1.16 bits per heavy atom. The quantitative estimate of drug-likeness (QED) is 0.524. The van der Waals surface area contributed by atoms with Gasteiger partial charge in [0.25, 0.3) is 5.91 Å². The molecule has 166 valence electrons. The smallest absolute Gasteiger partial charge is 0.303 e. The zero-order valence-corrected chi connectivity index (χ0v) is 17.7. The van der Waals surface area contributed by atoms with Crippen LogP contribution in [0.1, 0.15) is 18.6 Å². The lowest BCUT2D eigenvalue weighted by Gasteiger charge is -2.34. The Bertz CT molecular complexity index is 1020. The van der Waals surface area contributed by atoms with E-state index in [1.807, 2.05) is 42.5 Å². The Balaban J connectivity index is 1.36. The largest absolute Gasteiger partial charge is 0.491 e. The number of morpholine rings is 1. The maximum absolute atomic E-state index is 13.1. The van der Waals surface area contributed by atoms with Gasteiger partial charge in [-0.05, 0) is 24.3 Å².